The number of hydrogen-bond donors (Lipinski definition) is 1. The monoisotopic (exact) mass is 387 g/mol. The molecule has 4 rings (SSSR count). The molecule has 0 radical (unpaired) electrons. The SMILES string of the molecule is COc1ccc(CN2C(=O)[C@@H]3C[C@@H](O)CN3C3(CN(CC(C)C)C3)C2=O)cc1. The van der Waals surface area contributed by atoms with Gasteiger partial charge in [0.2, 0.25) is 5.91 Å². The third-order valence-corrected chi connectivity index (χ3v) is 6.12. The fourth-order valence-corrected chi connectivity index (χ4v) is 4.89. The number of methoxy groups -OCH3 is 1. The number of ether oxygens (including phenoxy) is 1. The number of rotatable bonds is 5. The largest absolute Gasteiger partial charge is 0.497 e. The van der Waals surface area contributed by atoms with Gasteiger partial charge < -0.3 is 9.84 Å². The van der Waals surface area contributed by atoms with Crippen LogP contribution < -0.4 is 4.74 Å². The number of piperazine rings is 1. The second-order valence-corrected chi connectivity index (χ2v) is 8.73. The van der Waals surface area contributed by atoms with Crippen molar-refractivity contribution in [3.63, 3.8) is 0 Å². The molecule has 0 unspecified atom stereocenters. The highest BCUT2D eigenvalue weighted by Crippen LogP contribution is 2.41. The molecular weight excluding hydrogens is 358 g/mol. The summed E-state index contributed by atoms with van der Waals surface area (Å²) in [4.78, 5) is 32.2. The Balaban J connectivity index is 1.58. The number of carbonyl (C=O) groups excluding carboxylic acids is 2. The summed E-state index contributed by atoms with van der Waals surface area (Å²) in [5.74, 6) is 0.946. The molecule has 152 valence electrons. The van der Waals surface area contributed by atoms with E-state index >= 15 is 0 Å². The fourth-order valence-electron chi connectivity index (χ4n) is 4.89. The van der Waals surface area contributed by atoms with Crippen LogP contribution in [0, 0.1) is 5.92 Å². The predicted molar refractivity (Wildman–Crippen MR) is 104 cm³/mol. The fraction of sp³-hybridized carbons (Fsp3) is 0.619. The van der Waals surface area contributed by atoms with E-state index in [9.17, 15) is 14.7 Å². The minimum atomic E-state index is -0.683. The summed E-state index contributed by atoms with van der Waals surface area (Å²) in [6.45, 7) is 7.16. The lowest BCUT2D eigenvalue weighted by Crippen LogP contribution is -2.81. The van der Waals surface area contributed by atoms with Crippen molar-refractivity contribution in [2.75, 3.05) is 33.3 Å². The molecule has 28 heavy (non-hydrogen) atoms. The zero-order chi connectivity index (χ0) is 20.1. The molecule has 3 heterocycles. The van der Waals surface area contributed by atoms with Gasteiger partial charge >= 0.3 is 0 Å². The van der Waals surface area contributed by atoms with E-state index < -0.39 is 17.7 Å². The van der Waals surface area contributed by atoms with E-state index in [1.54, 1.807) is 7.11 Å². The highest BCUT2D eigenvalue weighted by Gasteiger charge is 2.64. The Bertz CT molecular complexity index is 757. The van der Waals surface area contributed by atoms with E-state index in [0.717, 1.165) is 17.9 Å². The normalized spacial score (nSPS) is 27.4. The Labute approximate surface area is 165 Å². The molecular formula is C21H29N3O4. The van der Waals surface area contributed by atoms with Crippen LogP contribution >= 0.6 is 0 Å². The Kier molecular flexibility index (Phi) is 4.93. The van der Waals surface area contributed by atoms with Crippen molar-refractivity contribution in [3.05, 3.63) is 29.8 Å². The van der Waals surface area contributed by atoms with Gasteiger partial charge in [0, 0.05) is 26.2 Å². The van der Waals surface area contributed by atoms with Crippen LogP contribution in [0.25, 0.3) is 0 Å². The molecule has 1 aromatic rings. The number of aliphatic hydroxyl groups is 1. The number of aliphatic hydroxyl groups excluding tert-OH is 1. The first-order chi connectivity index (χ1) is 13.3. The molecule has 0 bridgehead atoms. The molecule has 1 spiro atoms. The Morgan fingerprint density at radius 3 is 2.50 bits per heavy atom. The Morgan fingerprint density at radius 2 is 1.89 bits per heavy atom. The summed E-state index contributed by atoms with van der Waals surface area (Å²) in [6, 6.07) is 7.03. The molecule has 0 saturated carbocycles. The van der Waals surface area contributed by atoms with Gasteiger partial charge in [-0.25, -0.2) is 0 Å². The molecule has 0 aromatic heterocycles. The van der Waals surface area contributed by atoms with E-state index in [1.165, 1.54) is 4.90 Å². The summed E-state index contributed by atoms with van der Waals surface area (Å²) in [5.41, 5.74) is 0.209. The predicted octanol–water partition coefficient (Wildman–Crippen LogP) is 0.710. The van der Waals surface area contributed by atoms with E-state index in [-0.39, 0.29) is 18.4 Å². The lowest BCUT2D eigenvalue weighted by Gasteiger charge is -2.59. The molecule has 0 aliphatic carbocycles. The molecule has 1 N–H and O–H groups in total. The zero-order valence-electron chi connectivity index (χ0n) is 16.8. The highest BCUT2D eigenvalue weighted by atomic mass is 16.5. The van der Waals surface area contributed by atoms with Crippen molar-refractivity contribution in [3.8, 4) is 5.75 Å². The van der Waals surface area contributed by atoms with Gasteiger partial charge in [-0.05, 0) is 30.0 Å². The van der Waals surface area contributed by atoms with Crippen LogP contribution in [-0.2, 0) is 16.1 Å². The second kappa shape index (κ2) is 7.13. The average molecular weight is 387 g/mol. The van der Waals surface area contributed by atoms with Crippen LogP contribution in [0.2, 0.25) is 0 Å². The molecule has 3 saturated heterocycles. The highest BCUT2D eigenvalue weighted by molar-refractivity contribution is 6.06. The summed E-state index contributed by atoms with van der Waals surface area (Å²) in [7, 11) is 1.61. The topological polar surface area (TPSA) is 73.3 Å². The lowest BCUT2D eigenvalue weighted by atomic mass is 9.82. The van der Waals surface area contributed by atoms with Crippen LogP contribution in [0.5, 0.6) is 5.75 Å². The van der Waals surface area contributed by atoms with E-state index in [4.69, 9.17) is 4.74 Å². The number of amides is 2. The summed E-state index contributed by atoms with van der Waals surface area (Å²) < 4.78 is 5.19. The van der Waals surface area contributed by atoms with Crippen molar-refractivity contribution >= 4 is 11.8 Å². The number of imide groups is 1. The number of hydrogen-bond acceptors (Lipinski definition) is 6. The van der Waals surface area contributed by atoms with Gasteiger partial charge in [0.25, 0.3) is 5.91 Å². The van der Waals surface area contributed by atoms with E-state index in [2.05, 4.69) is 18.7 Å². The summed E-state index contributed by atoms with van der Waals surface area (Å²) in [5, 5.41) is 10.2. The van der Waals surface area contributed by atoms with E-state index in [0.29, 0.717) is 32.0 Å². The van der Waals surface area contributed by atoms with Crippen LogP contribution in [-0.4, -0.2) is 82.6 Å². The zero-order valence-corrected chi connectivity index (χ0v) is 16.8. The van der Waals surface area contributed by atoms with Gasteiger partial charge in [0.15, 0.2) is 0 Å². The smallest absolute Gasteiger partial charge is 0.252 e. The van der Waals surface area contributed by atoms with Crippen molar-refractivity contribution < 1.29 is 19.4 Å². The van der Waals surface area contributed by atoms with Gasteiger partial charge in [0.05, 0.1) is 25.8 Å². The van der Waals surface area contributed by atoms with Crippen molar-refractivity contribution in [1.29, 1.82) is 0 Å². The number of fused-ring (bicyclic) bond motifs is 2. The standard InChI is InChI=1S/C21H29N3O4/c1-14(2)9-22-12-21(13-22)20(27)23(10-15-4-6-17(28-3)7-5-15)19(26)18-8-16(25)11-24(18)21/h4-7,14,16,18,25H,8-13H2,1-3H3/t16-,18+/m1/s1. The number of nitrogens with zero attached hydrogens (tertiary/aromatic N) is 3. The number of β-amino-alcohol motifs (C(OH)–C–C–N with tert-alkyl or cyclic N) is 1. The Hall–Kier alpha value is -1.96. The van der Waals surface area contributed by atoms with Crippen LogP contribution in [0.15, 0.2) is 24.3 Å². The summed E-state index contributed by atoms with van der Waals surface area (Å²) in [6.07, 6.45) is -0.157. The van der Waals surface area contributed by atoms with Gasteiger partial charge in [-0.15, -0.1) is 0 Å². The minimum Gasteiger partial charge on any atom is -0.497 e. The van der Waals surface area contributed by atoms with Crippen molar-refractivity contribution in [2.45, 2.75) is 44.5 Å². The molecule has 2 atom stereocenters. The maximum absolute atomic E-state index is 13.5. The molecule has 1 aromatic carbocycles. The Morgan fingerprint density at radius 1 is 1.21 bits per heavy atom. The third kappa shape index (κ3) is 3.11. The van der Waals surface area contributed by atoms with Gasteiger partial charge in [-0.1, -0.05) is 26.0 Å². The van der Waals surface area contributed by atoms with Crippen molar-refractivity contribution in [2.24, 2.45) is 5.92 Å². The quantitative estimate of drug-likeness (QED) is 0.751. The minimum absolute atomic E-state index is 0.126. The number of likely N-dealkylation sites (tertiary alicyclic amines) is 1. The molecule has 7 heteroatoms. The average Bonchev–Trinajstić information content (AvgIpc) is 3.03. The molecule has 2 amide bonds. The summed E-state index contributed by atoms with van der Waals surface area (Å²) >= 11 is 0. The molecule has 3 fully saturated rings. The first-order valence-electron chi connectivity index (χ1n) is 10.00. The maximum Gasteiger partial charge on any atom is 0.252 e. The van der Waals surface area contributed by atoms with Crippen LogP contribution in [0.3, 0.4) is 0 Å². The van der Waals surface area contributed by atoms with Gasteiger partial charge in [-0.2, -0.15) is 0 Å². The molecule has 7 nitrogen and oxygen atoms in total. The van der Waals surface area contributed by atoms with Gasteiger partial charge in [-0.3, -0.25) is 24.3 Å². The van der Waals surface area contributed by atoms with Crippen molar-refractivity contribution in [1.82, 2.24) is 14.7 Å². The van der Waals surface area contributed by atoms with Gasteiger partial charge in [0.1, 0.15) is 11.3 Å². The van der Waals surface area contributed by atoms with Crippen LogP contribution in [0.4, 0.5) is 0 Å². The van der Waals surface area contributed by atoms with E-state index in [1.807, 2.05) is 29.2 Å². The number of carbonyl (C=O) groups is 2. The second-order valence-electron chi connectivity index (χ2n) is 8.73. The third-order valence-electron chi connectivity index (χ3n) is 6.12. The molecule has 3 aliphatic heterocycles. The number of benzene rings is 1. The first-order valence-corrected chi connectivity index (χ1v) is 10.00. The first kappa shape index (κ1) is 19.4. The molecule has 3 aliphatic rings. The van der Waals surface area contributed by atoms with Crippen LogP contribution in [0.1, 0.15) is 25.8 Å². The maximum atomic E-state index is 13.5. The lowest BCUT2D eigenvalue weighted by molar-refractivity contribution is -0.181.